The number of Topliss-reactive ketones (excluding diaryl/α,β-unsaturated/α-hetero) is 1. The number of ketones is 1. The monoisotopic (exact) mass is 334 g/mol. The number of carbonyl (C=O) groups excluding carboxylic acids is 1. The second-order valence-corrected chi connectivity index (χ2v) is 6.26. The molecule has 1 aromatic heterocycles. The molecule has 0 aliphatic carbocycles. The van der Waals surface area contributed by atoms with Gasteiger partial charge in [-0.2, -0.15) is 4.90 Å². The molecule has 2 aliphatic rings. The van der Waals surface area contributed by atoms with Crippen molar-refractivity contribution < 1.29 is 14.1 Å². The molecule has 0 saturated heterocycles. The van der Waals surface area contributed by atoms with E-state index in [1.807, 2.05) is 90.6 Å². The normalized spacial score (nSPS) is 20.4. The maximum absolute atomic E-state index is 13.6. The Balaban J connectivity index is 1.80. The first-order valence-corrected chi connectivity index (χ1v) is 8.16. The summed E-state index contributed by atoms with van der Waals surface area (Å²) in [5.74, 6) is 1.81. The fraction of sp³-hybridized carbons (Fsp3) is 0.200. The molecule has 0 fully saturated rings. The average Bonchev–Trinajstić information content (AvgIpc) is 3.38. The van der Waals surface area contributed by atoms with Gasteiger partial charge in [-0.05, 0) is 48.6 Å². The van der Waals surface area contributed by atoms with E-state index in [1.54, 1.807) is 7.11 Å². The lowest BCUT2D eigenvalue weighted by Gasteiger charge is -2.36. The number of allylic oxidation sites excluding steroid dienone is 2. The van der Waals surface area contributed by atoms with Crippen LogP contribution in [0.25, 0.3) is 0 Å². The molecule has 5 nitrogen and oxygen atoms in total. The van der Waals surface area contributed by atoms with Crippen LogP contribution < -0.4 is 14.2 Å². The molecule has 0 spiro atoms. The van der Waals surface area contributed by atoms with E-state index in [2.05, 4.69) is 4.90 Å². The summed E-state index contributed by atoms with van der Waals surface area (Å²) >= 11 is 0. The number of ether oxygens (including phenoxy) is 1. The molecule has 3 heterocycles. The van der Waals surface area contributed by atoms with E-state index in [0.717, 1.165) is 17.3 Å². The van der Waals surface area contributed by atoms with Crippen molar-refractivity contribution in [2.45, 2.75) is 5.66 Å². The number of rotatable bonds is 4. The van der Waals surface area contributed by atoms with E-state index in [9.17, 15) is 4.79 Å². The molecule has 2 aromatic rings. The molecule has 126 valence electrons. The summed E-state index contributed by atoms with van der Waals surface area (Å²) in [6.07, 6.45) is 9.75. The summed E-state index contributed by atoms with van der Waals surface area (Å²) < 4.78 is 7.25. The fourth-order valence-corrected chi connectivity index (χ4v) is 3.46. The predicted octanol–water partition coefficient (Wildman–Crippen LogP) is 2.57. The molecule has 2 aliphatic heterocycles. The van der Waals surface area contributed by atoms with E-state index in [0.29, 0.717) is 5.56 Å². The van der Waals surface area contributed by atoms with Gasteiger partial charge in [-0.25, -0.2) is 4.57 Å². The van der Waals surface area contributed by atoms with Crippen LogP contribution in [0.4, 0.5) is 11.5 Å². The number of aryl methyl sites for hydroxylation is 1. The van der Waals surface area contributed by atoms with Crippen LogP contribution in [0.3, 0.4) is 0 Å². The van der Waals surface area contributed by atoms with Gasteiger partial charge >= 0.3 is 5.82 Å². The van der Waals surface area contributed by atoms with Crippen LogP contribution in [0.15, 0.2) is 67.0 Å². The Labute approximate surface area is 147 Å². The summed E-state index contributed by atoms with van der Waals surface area (Å²) in [7, 11) is 5.54. The van der Waals surface area contributed by atoms with Gasteiger partial charge in [0.05, 0.1) is 20.4 Å². The van der Waals surface area contributed by atoms with Crippen LogP contribution >= 0.6 is 0 Å². The highest BCUT2D eigenvalue weighted by Gasteiger charge is 2.63. The molecule has 0 radical (unpaired) electrons. The highest BCUT2D eigenvalue weighted by Crippen LogP contribution is 2.52. The van der Waals surface area contributed by atoms with Gasteiger partial charge in [0.25, 0.3) is 5.66 Å². The number of methoxy groups -OCH3 is 1. The Bertz CT molecular complexity index is 902. The quantitative estimate of drug-likeness (QED) is 0.489. The van der Waals surface area contributed by atoms with Gasteiger partial charge in [-0.15, -0.1) is 0 Å². The van der Waals surface area contributed by atoms with Crippen LogP contribution in [-0.4, -0.2) is 30.5 Å². The van der Waals surface area contributed by atoms with Crippen molar-refractivity contribution in [2.24, 2.45) is 7.05 Å². The molecule has 25 heavy (non-hydrogen) atoms. The minimum Gasteiger partial charge on any atom is -0.497 e. The van der Waals surface area contributed by atoms with Crippen molar-refractivity contribution in [3.63, 3.8) is 0 Å². The lowest BCUT2D eigenvalue weighted by atomic mass is 9.93. The topological polar surface area (TPSA) is 36.4 Å². The van der Waals surface area contributed by atoms with E-state index in [-0.39, 0.29) is 5.78 Å². The second-order valence-electron chi connectivity index (χ2n) is 6.26. The zero-order valence-corrected chi connectivity index (χ0v) is 14.5. The van der Waals surface area contributed by atoms with Crippen molar-refractivity contribution in [2.75, 3.05) is 19.1 Å². The minimum absolute atomic E-state index is 0.0226. The maximum Gasteiger partial charge on any atom is 0.332 e. The summed E-state index contributed by atoms with van der Waals surface area (Å²) in [4.78, 5) is 17.6. The van der Waals surface area contributed by atoms with Crippen LogP contribution in [-0.2, 0) is 7.05 Å². The summed E-state index contributed by atoms with van der Waals surface area (Å²) in [5.41, 5.74) is 0.817. The number of anilines is 2. The van der Waals surface area contributed by atoms with Crippen molar-refractivity contribution in [3.8, 4) is 5.75 Å². The number of pyridine rings is 1. The van der Waals surface area contributed by atoms with Crippen molar-refractivity contribution in [1.82, 2.24) is 4.90 Å². The molecule has 1 aromatic carbocycles. The number of likely N-dealkylation sites (N-methyl/N-ethyl adjacent to an activating group) is 1. The first-order chi connectivity index (χ1) is 12.1. The molecule has 0 saturated carbocycles. The van der Waals surface area contributed by atoms with Crippen LogP contribution in [0.1, 0.15) is 10.4 Å². The number of carbonyl (C=O) groups is 1. The smallest absolute Gasteiger partial charge is 0.332 e. The fourth-order valence-electron chi connectivity index (χ4n) is 3.46. The Morgan fingerprint density at radius 1 is 1.16 bits per heavy atom. The number of nitrogens with zero attached hydrogens (tertiary/aromatic N) is 3. The summed E-state index contributed by atoms with van der Waals surface area (Å²) in [6, 6.07) is 11.3. The Kier molecular flexibility index (Phi) is 3.39. The highest BCUT2D eigenvalue weighted by molar-refractivity contribution is 6.11. The van der Waals surface area contributed by atoms with Crippen LogP contribution in [0.5, 0.6) is 5.75 Å². The average molecular weight is 334 g/mol. The largest absolute Gasteiger partial charge is 0.497 e. The van der Waals surface area contributed by atoms with Gasteiger partial charge in [0, 0.05) is 18.8 Å². The molecular formula is C20H20N3O2+. The number of fused-ring (bicyclic) bond motifs is 1. The first-order valence-electron chi connectivity index (χ1n) is 8.16. The number of hydrogen-bond acceptors (Lipinski definition) is 4. The minimum atomic E-state index is -0.898. The lowest BCUT2D eigenvalue weighted by molar-refractivity contribution is -0.654. The van der Waals surface area contributed by atoms with Crippen molar-refractivity contribution in [3.05, 3.63) is 72.6 Å². The lowest BCUT2D eigenvalue weighted by Crippen LogP contribution is -2.58. The summed E-state index contributed by atoms with van der Waals surface area (Å²) in [6.45, 7) is 0. The van der Waals surface area contributed by atoms with E-state index in [1.165, 1.54) is 0 Å². The molecule has 5 heteroatoms. The Hall–Kier alpha value is -3.08. The number of benzene rings is 1. The standard InChI is InChI=1S/C20H20N3O2/c1-21-13-6-7-17-19(21)23(17)20(12-4-5-14-22(20)2)18(24)15-8-10-16(25-3)11-9-15/h4-14H,1-3H3/q+1/t20-/m0/s1. The zero-order chi connectivity index (χ0) is 17.6. The van der Waals surface area contributed by atoms with Gasteiger partial charge < -0.3 is 9.64 Å². The molecule has 4 rings (SSSR count). The molecule has 0 unspecified atom stereocenters. The highest BCUT2D eigenvalue weighted by atomic mass is 16.5. The van der Waals surface area contributed by atoms with E-state index in [4.69, 9.17) is 4.74 Å². The number of aromatic nitrogens is 1. The van der Waals surface area contributed by atoms with Gasteiger partial charge in [0.1, 0.15) is 5.75 Å². The van der Waals surface area contributed by atoms with Gasteiger partial charge in [0.15, 0.2) is 0 Å². The number of hydrogen-bond donors (Lipinski definition) is 0. The van der Waals surface area contributed by atoms with Crippen LogP contribution in [0, 0.1) is 0 Å². The van der Waals surface area contributed by atoms with Gasteiger partial charge in [-0.1, -0.05) is 6.08 Å². The van der Waals surface area contributed by atoms with Crippen LogP contribution in [0.2, 0.25) is 0 Å². The molecular weight excluding hydrogens is 314 g/mol. The SMILES string of the molecule is COc1ccc(C(=O)[C@@]2(N3c4ccc[n+](C)c43)C=CC=CN2C)cc1. The molecule has 1 atom stereocenters. The van der Waals surface area contributed by atoms with Gasteiger partial charge in [-0.3, -0.25) is 4.79 Å². The van der Waals surface area contributed by atoms with Gasteiger partial charge in [0.2, 0.25) is 11.5 Å². The predicted molar refractivity (Wildman–Crippen MR) is 95.9 cm³/mol. The summed E-state index contributed by atoms with van der Waals surface area (Å²) in [5, 5.41) is 0. The van der Waals surface area contributed by atoms with Crippen molar-refractivity contribution in [1.29, 1.82) is 0 Å². The van der Waals surface area contributed by atoms with E-state index < -0.39 is 5.66 Å². The zero-order valence-electron chi connectivity index (χ0n) is 14.5. The second kappa shape index (κ2) is 5.48. The molecule has 0 amide bonds. The third kappa shape index (κ3) is 2.16. The first kappa shape index (κ1) is 15.4. The third-order valence-electron chi connectivity index (χ3n) is 4.84. The Morgan fingerprint density at radius 2 is 1.92 bits per heavy atom. The van der Waals surface area contributed by atoms with E-state index >= 15 is 0 Å². The maximum atomic E-state index is 13.6. The molecule has 0 N–H and O–H groups in total. The third-order valence-corrected chi connectivity index (χ3v) is 4.84. The van der Waals surface area contributed by atoms with Crippen molar-refractivity contribution >= 4 is 17.3 Å². The Morgan fingerprint density at radius 3 is 2.56 bits per heavy atom. The molecule has 0 bridgehead atoms.